The quantitative estimate of drug-likeness (QED) is 0.0222. The molecular formula is C76H148O17P2. The van der Waals surface area contributed by atoms with Gasteiger partial charge < -0.3 is 33.8 Å². The average Bonchev–Trinajstić information content (AvgIpc) is 1.29. The van der Waals surface area contributed by atoms with Gasteiger partial charge in [-0.1, -0.05) is 337 Å². The summed E-state index contributed by atoms with van der Waals surface area (Å²) in [4.78, 5) is 72.7. The Morgan fingerprint density at radius 3 is 0.800 bits per heavy atom. The normalized spacial score (nSPS) is 14.6. The van der Waals surface area contributed by atoms with Gasteiger partial charge >= 0.3 is 39.5 Å². The molecule has 0 aliphatic carbocycles. The second-order valence-electron chi connectivity index (χ2n) is 28.4. The minimum Gasteiger partial charge on any atom is -0.462 e. The van der Waals surface area contributed by atoms with Gasteiger partial charge in [0.1, 0.15) is 19.3 Å². The van der Waals surface area contributed by atoms with Crippen LogP contribution in [0.2, 0.25) is 0 Å². The zero-order valence-corrected chi connectivity index (χ0v) is 63.9. The molecule has 0 aliphatic heterocycles. The summed E-state index contributed by atoms with van der Waals surface area (Å²) in [7, 11) is -9.91. The molecule has 0 aromatic carbocycles. The lowest BCUT2D eigenvalue weighted by atomic mass is 9.99. The third-order valence-corrected chi connectivity index (χ3v) is 20.3. The lowest BCUT2D eigenvalue weighted by Gasteiger charge is -2.21. The fraction of sp³-hybridized carbons (Fsp3) is 0.947. The molecule has 0 aromatic rings. The zero-order chi connectivity index (χ0) is 70.1. The maximum Gasteiger partial charge on any atom is 0.472 e. The molecule has 0 bridgehead atoms. The van der Waals surface area contributed by atoms with Gasteiger partial charge in [0, 0.05) is 25.7 Å². The Labute approximate surface area is 581 Å². The van der Waals surface area contributed by atoms with Crippen molar-refractivity contribution in [2.75, 3.05) is 39.6 Å². The van der Waals surface area contributed by atoms with E-state index in [2.05, 4.69) is 48.5 Å². The van der Waals surface area contributed by atoms with Crippen LogP contribution >= 0.6 is 15.6 Å². The van der Waals surface area contributed by atoms with Crippen LogP contribution in [0.25, 0.3) is 0 Å². The molecule has 564 valence electrons. The molecule has 7 atom stereocenters. The molecule has 0 spiro atoms. The minimum atomic E-state index is -4.96. The van der Waals surface area contributed by atoms with Crippen LogP contribution in [0.1, 0.15) is 389 Å². The highest BCUT2D eigenvalue weighted by molar-refractivity contribution is 7.47. The zero-order valence-electron chi connectivity index (χ0n) is 62.1. The van der Waals surface area contributed by atoms with Gasteiger partial charge in [-0.05, 0) is 43.4 Å². The second kappa shape index (κ2) is 66.6. The second-order valence-corrected chi connectivity index (χ2v) is 31.3. The molecule has 3 N–H and O–H groups in total. The third kappa shape index (κ3) is 67.6. The standard InChI is InChI=1S/C76H148O17P2/c1-8-11-12-13-14-15-24-30-36-45-52-59-75(80)93-72(64-87-74(79)58-51-44-39-38-42-49-56-69(7)10-3)66-91-95(84,85)89-62-70(77)61-88-94(82,83)90-65-71(63-86-73(78)57-50-43-35-32-27-28-33-40-47-54-67(4)5)92-76(81)60-53-46-37-31-26-23-21-19-17-16-18-20-22-25-29-34-41-48-55-68(6)9-2/h67-72,77H,8-66H2,1-7H3,(H,82,83)(H,84,85)/t68?,69?,70-,71-,72-/m1/s1. The number of ether oxygens (including phenoxy) is 4. The molecule has 19 heteroatoms. The van der Waals surface area contributed by atoms with Gasteiger partial charge in [-0.3, -0.25) is 37.3 Å². The molecular weight excluding hydrogens is 1250 g/mol. The number of hydrogen-bond donors (Lipinski definition) is 3. The summed E-state index contributed by atoms with van der Waals surface area (Å²) in [5.41, 5.74) is 0. The van der Waals surface area contributed by atoms with E-state index in [-0.39, 0.29) is 25.7 Å². The van der Waals surface area contributed by atoms with Gasteiger partial charge in [-0.25, -0.2) is 9.13 Å². The van der Waals surface area contributed by atoms with Crippen LogP contribution in [0.5, 0.6) is 0 Å². The van der Waals surface area contributed by atoms with E-state index in [1.54, 1.807) is 0 Å². The molecule has 4 unspecified atom stereocenters. The number of rotatable bonds is 74. The third-order valence-electron chi connectivity index (χ3n) is 18.4. The Balaban J connectivity index is 5.18. The van der Waals surface area contributed by atoms with Crippen LogP contribution in [0.3, 0.4) is 0 Å². The SMILES string of the molecule is CCCCCCCCCCCCCC(=O)O[C@H](COC(=O)CCCCCCCCC(C)CC)COP(=O)(O)OC[C@H](O)COP(=O)(O)OC[C@@H](COC(=O)CCCCCCCCCCCC(C)C)OC(=O)CCCCCCCCCCCCCCCCCCCCC(C)CC. The van der Waals surface area contributed by atoms with E-state index >= 15 is 0 Å². The first-order valence-corrected chi connectivity index (χ1v) is 42.4. The first-order valence-electron chi connectivity index (χ1n) is 39.4. The number of carbonyl (C=O) groups is 4. The van der Waals surface area contributed by atoms with Gasteiger partial charge in [0.05, 0.1) is 26.4 Å². The monoisotopic (exact) mass is 1400 g/mol. The van der Waals surface area contributed by atoms with Crippen molar-refractivity contribution in [2.45, 2.75) is 407 Å². The van der Waals surface area contributed by atoms with Crippen LogP contribution in [-0.4, -0.2) is 96.7 Å². The summed E-state index contributed by atoms with van der Waals surface area (Å²) in [6.45, 7) is 11.9. The number of esters is 4. The summed E-state index contributed by atoms with van der Waals surface area (Å²) in [6, 6.07) is 0. The van der Waals surface area contributed by atoms with Crippen LogP contribution < -0.4 is 0 Å². The topological polar surface area (TPSA) is 237 Å². The number of aliphatic hydroxyl groups excluding tert-OH is 1. The van der Waals surface area contributed by atoms with E-state index in [4.69, 9.17) is 37.0 Å². The molecule has 17 nitrogen and oxygen atoms in total. The van der Waals surface area contributed by atoms with Crippen molar-refractivity contribution in [3.63, 3.8) is 0 Å². The highest BCUT2D eigenvalue weighted by Crippen LogP contribution is 2.45. The van der Waals surface area contributed by atoms with Gasteiger partial charge in [0.15, 0.2) is 12.2 Å². The van der Waals surface area contributed by atoms with Gasteiger partial charge in [-0.2, -0.15) is 0 Å². The number of unbranched alkanes of at least 4 members (excludes halogenated alkanes) is 40. The van der Waals surface area contributed by atoms with E-state index in [1.165, 1.54) is 193 Å². The Morgan fingerprint density at radius 1 is 0.305 bits per heavy atom. The molecule has 0 radical (unpaired) electrons. The summed E-state index contributed by atoms with van der Waals surface area (Å²) in [5.74, 6) is 0.226. The maximum atomic E-state index is 13.1. The smallest absolute Gasteiger partial charge is 0.462 e. The van der Waals surface area contributed by atoms with Crippen molar-refractivity contribution in [1.29, 1.82) is 0 Å². The predicted octanol–water partition coefficient (Wildman–Crippen LogP) is 22.2. The summed E-state index contributed by atoms with van der Waals surface area (Å²) in [5, 5.41) is 10.6. The summed E-state index contributed by atoms with van der Waals surface area (Å²) >= 11 is 0. The van der Waals surface area contributed by atoms with Crippen molar-refractivity contribution >= 4 is 39.5 Å². The van der Waals surface area contributed by atoms with Crippen molar-refractivity contribution in [2.24, 2.45) is 17.8 Å². The Bertz CT molecular complexity index is 1860. The van der Waals surface area contributed by atoms with Crippen LogP contribution in [0, 0.1) is 17.8 Å². The van der Waals surface area contributed by atoms with Crippen molar-refractivity contribution in [3.05, 3.63) is 0 Å². The fourth-order valence-corrected chi connectivity index (χ4v) is 13.1. The highest BCUT2D eigenvalue weighted by atomic mass is 31.2. The minimum absolute atomic E-state index is 0.106. The van der Waals surface area contributed by atoms with E-state index in [1.807, 2.05) is 0 Å². The number of aliphatic hydroxyl groups is 1. The molecule has 0 rings (SSSR count). The largest absolute Gasteiger partial charge is 0.472 e. The molecule has 95 heavy (non-hydrogen) atoms. The molecule has 0 heterocycles. The Kier molecular flexibility index (Phi) is 65.2. The van der Waals surface area contributed by atoms with Gasteiger partial charge in [-0.15, -0.1) is 0 Å². The molecule has 0 amide bonds. The number of carbonyl (C=O) groups excluding carboxylic acids is 4. The molecule has 0 saturated carbocycles. The van der Waals surface area contributed by atoms with E-state index < -0.39 is 97.5 Å². The number of hydrogen-bond acceptors (Lipinski definition) is 15. The van der Waals surface area contributed by atoms with Gasteiger partial charge in [0.25, 0.3) is 0 Å². The van der Waals surface area contributed by atoms with Crippen LogP contribution in [0.4, 0.5) is 0 Å². The maximum absolute atomic E-state index is 13.1. The van der Waals surface area contributed by atoms with E-state index in [9.17, 15) is 43.2 Å². The van der Waals surface area contributed by atoms with E-state index in [0.29, 0.717) is 25.7 Å². The first-order chi connectivity index (χ1) is 45.8. The van der Waals surface area contributed by atoms with Gasteiger partial charge in [0.2, 0.25) is 0 Å². The van der Waals surface area contributed by atoms with Crippen molar-refractivity contribution in [1.82, 2.24) is 0 Å². The molecule has 0 saturated heterocycles. The van der Waals surface area contributed by atoms with Crippen molar-refractivity contribution < 1.29 is 80.2 Å². The lowest BCUT2D eigenvalue weighted by molar-refractivity contribution is -0.161. The van der Waals surface area contributed by atoms with Crippen LogP contribution in [-0.2, 0) is 65.4 Å². The Hall–Kier alpha value is -1.94. The average molecular weight is 1400 g/mol. The summed E-state index contributed by atoms with van der Waals surface area (Å²) in [6.07, 6.45) is 52.8. The Morgan fingerprint density at radius 2 is 0.537 bits per heavy atom. The fourth-order valence-electron chi connectivity index (χ4n) is 11.5. The molecule has 0 aliphatic rings. The first kappa shape index (κ1) is 93.1. The lowest BCUT2D eigenvalue weighted by Crippen LogP contribution is -2.30. The van der Waals surface area contributed by atoms with E-state index in [0.717, 1.165) is 114 Å². The molecule has 0 aromatic heterocycles. The predicted molar refractivity (Wildman–Crippen MR) is 386 cm³/mol. The number of phosphoric acid groups is 2. The van der Waals surface area contributed by atoms with Crippen LogP contribution in [0.15, 0.2) is 0 Å². The number of phosphoric ester groups is 2. The van der Waals surface area contributed by atoms with Crippen molar-refractivity contribution in [3.8, 4) is 0 Å². The highest BCUT2D eigenvalue weighted by Gasteiger charge is 2.30. The summed E-state index contributed by atoms with van der Waals surface area (Å²) < 4.78 is 68.4. The molecule has 0 fully saturated rings.